The summed E-state index contributed by atoms with van der Waals surface area (Å²) in [6.07, 6.45) is 6.94. The van der Waals surface area contributed by atoms with E-state index in [9.17, 15) is 18.0 Å². The maximum Gasteiger partial charge on any atom is 0.258 e. The number of fused-ring (bicyclic) bond motifs is 1. The standard InChI is InChI=1S/C21H19F3N4O2/c1-12-4-17-16(25-2-3-28(17)27-12)7-20-9-21(10-20,11-20)26-18(29)8-30-13-5-14(22)19(24)15(23)6-13/h2-6H,7-11H2,1H3,(H,26,29). The number of aromatic nitrogens is 3. The van der Waals surface area contributed by atoms with E-state index < -0.39 is 24.1 Å². The zero-order chi connectivity index (χ0) is 21.1. The smallest absolute Gasteiger partial charge is 0.258 e. The van der Waals surface area contributed by atoms with Crippen molar-refractivity contribution < 1.29 is 22.7 Å². The molecule has 0 radical (unpaired) electrons. The summed E-state index contributed by atoms with van der Waals surface area (Å²) in [6, 6.07) is 3.45. The van der Waals surface area contributed by atoms with Gasteiger partial charge in [-0.2, -0.15) is 5.10 Å². The van der Waals surface area contributed by atoms with Crippen LogP contribution in [0.25, 0.3) is 5.52 Å². The minimum absolute atomic E-state index is 0.129. The molecular formula is C21H19F3N4O2. The Labute approximate surface area is 170 Å². The van der Waals surface area contributed by atoms with Crippen molar-refractivity contribution in [3.63, 3.8) is 0 Å². The summed E-state index contributed by atoms with van der Waals surface area (Å²) in [7, 11) is 0. The second-order valence-corrected chi connectivity index (χ2v) is 8.51. The normalized spacial score (nSPS) is 24.3. The minimum atomic E-state index is -1.57. The predicted octanol–water partition coefficient (Wildman–Crippen LogP) is 3.12. The molecule has 1 amide bonds. The fourth-order valence-corrected chi connectivity index (χ4v) is 5.00. The maximum absolute atomic E-state index is 13.2. The van der Waals surface area contributed by atoms with E-state index in [1.165, 1.54) is 0 Å². The van der Waals surface area contributed by atoms with Crippen molar-refractivity contribution in [1.29, 1.82) is 0 Å². The summed E-state index contributed by atoms with van der Waals surface area (Å²) in [4.78, 5) is 16.7. The highest BCUT2D eigenvalue weighted by atomic mass is 19.2. The van der Waals surface area contributed by atoms with E-state index in [-0.39, 0.29) is 22.6 Å². The van der Waals surface area contributed by atoms with Gasteiger partial charge in [0, 0.05) is 30.1 Å². The monoisotopic (exact) mass is 416 g/mol. The molecule has 0 atom stereocenters. The third-order valence-corrected chi connectivity index (χ3v) is 6.01. The second-order valence-electron chi connectivity index (χ2n) is 8.51. The predicted molar refractivity (Wildman–Crippen MR) is 100 cm³/mol. The van der Waals surface area contributed by atoms with Gasteiger partial charge < -0.3 is 10.1 Å². The Morgan fingerprint density at radius 1 is 1.20 bits per heavy atom. The molecule has 1 N–H and O–H groups in total. The van der Waals surface area contributed by atoms with Crippen LogP contribution in [0.2, 0.25) is 0 Å². The lowest BCUT2D eigenvalue weighted by atomic mass is 9.38. The molecule has 2 heterocycles. The molecule has 3 aromatic rings. The number of rotatable bonds is 6. The molecule has 3 fully saturated rings. The van der Waals surface area contributed by atoms with Gasteiger partial charge in [0.2, 0.25) is 0 Å². The summed E-state index contributed by atoms with van der Waals surface area (Å²) in [6.45, 7) is 1.55. The van der Waals surface area contributed by atoms with Crippen LogP contribution < -0.4 is 10.1 Å². The van der Waals surface area contributed by atoms with Gasteiger partial charge in [0.05, 0.1) is 16.9 Å². The van der Waals surface area contributed by atoms with Crippen molar-refractivity contribution in [1.82, 2.24) is 19.9 Å². The minimum Gasteiger partial charge on any atom is -0.484 e. The molecule has 3 saturated carbocycles. The third-order valence-electron chi connectivity index (χ3n) is 6.01. The van der Waals surface area contributed by atoms with Crippen LogP contribution in [0.15, 0.2) is 30.6 Å². The van der Waals surface area contributed by atoms with Crippen molar-refractivity contribution in [2.24, 2.45) is 5.41 Å². The van der Waals surface area contributed by atoms with Crippen LogP contribution in [0.5, 0.6) is 5.75 Å². The summed E-state index contributed by atoms with van der Waals surface area (Å²) in [5.74, 6) is -4.89. The maximum atomic E-state index is 13.2. The van der Waals surface area contributed by atoms with Gasteiger partial charge in [0.25, 0.3) is 5.91 Å². The Hall–Kier alpha value is -3.10. The van der Waals surface area contributed by atoms with Gasteiger partial charge in [0.15, 0.2) is 24.1 Å². The van der Waals surface area contributed by atoms with Crippen LogP contribution in [0.1, 0.15) is 30.7 Å². The zero-order valence-electron chi connectivity index (χ0n) is 16.2. The largest absolute Gasteiger partial charge is 0.484 e. The fourth-order valence-electron chi connectivity index (χ4n) is 5.00. The van der Waals surface area contributed by atoms with E-state index in [1.54, 1.807) is 6.20 Å². The van der Waals surface area contributed by atoms with Crippen molar-refractivity contribution in [2.75, 3.05) is 6.61 Å². The van der Waals surface area contributed by atoms with Gasteiger partial charge in [-0.1, -0.05) is 0 Å². The van der Waals surface area contributed by atoms with Crippen LogP contribution in [-0.2, 0) is 11.2 Å². The van der Waals surface area contributed by atoms with Gasteiger partial charge in [-0.25, -0.2) is 17.7 Å². The molecular weight excluding hydrogens is 397 g/mol. The average molecular weight is 416 g/mol. The molecule has 0 saturated heterocycles. The van der Waals surface area contributed by atoms with E-state index in [1.807, 2.05) is 23.7 Å². The van der Waals surface area contributed by atoms with E-state index >= 15 is 0 Å². The number of carbonyl (C=O) groups is 1. The third kappa shape index (κ3) is 3.09. The molecule has 3 aliphatic rings. The SMILES string of the molecule is Cc1cc2c(CC34CC(NC(=O)COc5cc(F)c(F)c(F)c5)(C3)C4)nccn2n1. The Morgan fingerprint density at radius 3 is 2.60 bits per heavy atom. The van der Waals surface area contributed by atoms with E-state index in [0.717, 1.165) is 42.6 Å². The topological polar surface area (TPSA) is 68.5 Å². The zero-order valence-corrected chi connectivity index (χ0v) is 16.2. The number of benzene rings is 1. The number of nitrogens with zero attached hydrogens (tertiary/aromatic N) is 3. The van der Waals surface area contributed by atoms with E-state index in [2.05, 4.69) is 15.4 Å². The van der Waals surface area contributed by atoms with Crippen molar-refractivity contribution in [3.8, 4) is 5.75 Å². The summed E-state index contributed by atoms with van der Waals surface area (Å²) in [5.41, 5.74) is 2.82. The van der Waals surface area contributed by atoms with Crippen molar-refractivity contribution >= 4 is 11.4 Å². The Balaban J connectivity index is 1.16. The molecule has 6 rings (SSSR count). The van der Waals surface area contributed by atoms with Crippen molar-refractivity contribution in [3.05, 3.63) is 59.4 Å². The summed E-state index contributed by atoms with van der Waals surface area (Å²) < 4.78 is 46.4. The lowest BCUT2D eigenvalue weighted by molar-refractivity contribution is -0.166. The number of aryl methyl sites for hydroxylation is 1. The lowest BCUT2D eigenvalue weighted by Gasteiger charge is -2.70. The van der Waals surface area contributed by atoms with Gasteiger partial charge in [-0.3, -0.25) is 9.78 Å². The number of nitrogens with one attached hydrogen (secondary N) is 1. The molecule has 2 aromatic heterocycles. The molecule has 0 spiro atoms. The molecule has 1 aromatic carbocycles. The van der Waals surface area contributed by atoms with Crippen LogP contribution in [0, 0.1) is 29.8 Å². The number of hydrogen-bond donors (Lipinski definition) is 1. The van der Waals surface area contributed by atoms with E-state index in [0.29, 0.717) is 12.1 Å². The molecule has 30 heavy (non-hydrogen) atoms. The first-order valence-electron chi connectivity index (χ1n) is 9.65. The first-order valence-corrected chi connectivity index (χ1v) is 9.65. The number of ether oxygens (including phenoxy) is 1. The number of halogens is 3. The highest BCUT2D eigenvalue weighted by molar-refractivity contribution is 5.79. The van der Waals surface area contributed by atoms with Crippen LogP contribution in [-0.4, -0.2) is 32.7 Å². The van der Waals surface area contributed by atoms with Gasteiger partial charge >= 0.3 is 0 Å². The molecule has 9 heteroatoms. The van der Waals surface area contributed by atoms with Gasteiger partial charge in [-0.05, 0) is 44.1 Å². The van der Waals surface area contributed by atoms with Crippen LogP contribution in [0.3, 0.4) is 0 Å². The van der Waals surface area contributed by atoms with E-state index in [4.69, 9.17) is 4.74 Å². The number of carbonyl (C=O) groups excluding carboxylic acids is 1. The first kappa shape index (κ1) is 18.9. The molecule has 3 aliphatic carbocycles. The highest BCUT2D eigenvalue weighted by Crippen LogP contribution is 2.68. The molecule has 156 valence electrons. The molecule has 0 unspecified atom stereocenters. The highest BCUT2D eigenvalue weighted by Gasteiger charge is 2.68. The Morgan fingerprint density at radius 2 is 1.90 bits per heavy atom. The number of hydrogen-bond acceptors (Lipinski definition) is 4. The Kier molecular flexibility index (Phi) is 4.06. The first-order chi connectivity index (χ1) is 14.3. The summed E-state index contributed by atoms with van der Waals surface area (Å²) >= 11 is 0. The van der Waals surface area contributed by atoms with Gasteiger partial charge in [0.1, 0.15) is 5.75 Å². The average Bonchev–Trinajstić information content (AvgIpc) is 3.02. The lowest BCUT2D eigenvalue weighted by Crippen LogP contribution is -2.75. The van der Waals surface area contributed by atoms with Gasteiger partial charge in [-0.15, -0.1) is 0 Å². The quantitative estimate of drug-likeness (QED) is 0.627. The second kappa shape index (κ2) is 6.45. The summed E-state index contributed by atoms with van der Waals surface area (Å²) in [5, 5.41) is 7.37. The number of amides is 1. The van der Waals surface area contributed by atoms with Crippen molar-refractivity contribution in [2.45, 2.75) is 38.1 Å². The fraction of sp³-hybridized carbons (Fsp3) is 0.381. The molecule has 0 aliphatic heterocycles. The van der Waals surface area contributed by atoms with Crippen LogP contribution in [0.4, 0.5) is 13.2 Å². The molecule has 2 bridgehead atoms. The molecule has 6 nitrogen and oxygen atoms in total. The van der Waals surface area contributed by atoms with Crippen LogP contribution >= 0.6 is 0 Å². The Bertz CT molecular complexity index is 1130.